The summed E-state index contributed by atoms with van der Waals surface area (Å²) in [4.78, 5) is 7.90. The van der Waals surface area contributed by atoms with E-state index >= 15 is 0 Å². The largest absolute Gasteiger partial charge is 0.474 e. The number of nitrogens with one attached hydrogen (secondary N) is 1. The average molecular weight is 228 g/mol. The molecule has 2 aromatic rings. The van der Waals surface area contributed by atoms with Crippen LogP contribution in [0.1, 0.15) is 13.8 Å². The molecule has 0 saturated carbocycles. The zero-order valence-corrected chi connectivity index (χ0v) is 9.04. The summed E-state index contributed by atoms with van der Waals surface area (Å²) in [6, 6.07) is 0. The molecule has 0 aromatic carbocycles. The molecule has 0 unspecified atom stereocenters. The molecule has 2 heterocycles. The number of hydrogen-bond acceptors (Lipinski definition) is 5. The van der Waals surface area contributed by atoms with Crippen molar-refractivity contribution in [2.75, 3.05) is 5.73 Å². The van der Waals surface area contributed by atoms with Crippen LogP contribution in [0.4, 0.5) is 5.95 Å². The zero-order chi connectivity index (χ0) is 11.0. The van der Waals surface area contributed by atoms with E-state index in [4.69, 9.17) is 22.1 Å². The van der Waals surface area contributed by atoms with Crippen molar-refractivity contribution < 1.29 is 4.74 Å². The molecule has 7 heteroatoms. The minimum Gasteiger partial charge on any atom is -0.474 e. The number of nitrogens with zero attached hydrogens (tertiary/aromatic N) is 3. The maximum atomic E-state index is 5.89. The van der Waals surface area contributed by atoms with Crippen LogP contribution in [-0.4, -0.2) is 26.3 Å². The molecule has 0 aliphatic rings. The summed E-state index contributed by atoms with van der Waals surface area (Å²) in [5.41, 5.74) is 5.92. The third-order valence-electron chi connectivity index (χ3n) is 1.70. The molecule has 0 radical (unpaired) electrons. The summed E-state index contributed by atoms with van der Waals surface area (Å²) in [5, 5.41) is 7.38. The minimum absolute atomic E-state index is 0.0199. The molecular formula is C8H10ClN5O. The van der Waals surface area contributed by atoms with Gasteiger partial charge in [-0.15, -0.1) is 0 Å². The van der Waals surface area contributed by atoms with Crippen molar-refractivity contribution in [1.29, 1.82) is 0 Å². The maximum absolute atomic E-state index is 5.89. The molecule has 0 amide bonds. The van der Waals surface area contributed by atoms with Crippen LogP contribution < -0.4 is 10.5 Å². The van der Waals surface area contributed by atoms with Gasteiger partial charge >= 0.3 is 0 Å². The molecule has 15 heavy (non-hydrogen) atoms. The van der Waals surface area contributed by atoms with Crippen molar-refractivity contribution in [1.82, 2.24) is 20.2 Å². The SMILES string of the molecule is CC(C)Oc1nc(N)nc2n[nH]c(Cl)c12. The Morgan fingerprint density at radius 1 is 1.40 bits per heavy atom. The second kappa shape index (κ2) is 3.54. The van der Waals surface area contributed by atoms with Crippen LogP contribution in [0.15, 0.2) is 0 Å². The first kappa shape index (κ1) is 9.97. The fraction of sp³-hybridized carbons (Fsp3) is 0.375. The monoisotopic (exact) mass is 227 g/mol. The van der Waals surface area contributed by atoms with Gasteiger partial charge < -0.3 is 10.5 Å². The van der Waals surface area contributed by atoms with Gasteiger partial charge in [-0.05, 0) is 13.8 Å². The zero-order valence-electron chi connectivity index (χ0n) is 8.28. The first-order valence-electron chi connectivity index (χ1n) is 4.41. The van der Waals surface area contributed by atoms with Crippen molar-refractivity contribution in [3.05, 3.63) is 5.15 Å². The molecule has 0 fully saturated rings. The second-order valence-electron chi connectivity index (χ2n) is 3.29. The fourth-order valence-corrected chi connectivity index (χ4v) is 1.39. The van der Waals surface area contributed by atoms with Crippen molar-refractivity contribution in [3.8, 4) is 5.88 Å². The predicted molar refractivity (Wildman–Crippen MR) is 56.9 cm³/mol. The number of nitrogen functional groups attached to an aromatic ring is 1. The highest BCUT2D eigenvalue weighted by molar-refractivity contribution is 6.34. The van der Waals surface area contributed by atoms with Gasteiger partial charge in [-0.1, -0.05) is 11.6 Å². The number of aromatic nitrogens is 4. The average Bonchev–Trinajstić information content (AvgIpc) is 2.46. The van der Waals surface area contributed by atoms with Crippen LogP contribution in [0.2, 0.25) is 5.15 Å². The number of fused-ring (bicyclic) bond motifs is 1. The van der Waals surface area contributed by atoms with Gasteiger partial charge in [0.1, 0.15) is 10.5 Å². The molecule has 3 N–H and O–H groups in total. The summed E-state index contributed by atoms with van der Waals surface area (Å²) in [6.07, 6.45) is -0.0199. The van der Waals surface area contributed by atoms with E-state index in [0.29, 0.717) is 22.1 Å². The van der Waals surface area contributed by atoms with Crippen molar-refractivity contribution in [2.24, 2.45) is 0 Å². The molecule has 2 aromatic heterocycles. The summed E-state index contributed by atoms with van der Waals surface area (Å²) in [6.45, 7) is 3.77. The van der Waals surface area contributed by atoms with Gasteiger partial charge in [-0.2, -0.15) is 15.1 Å². The van der Waals surface area contributed by atoms with Gasteiger partial charge in [0.15, 0.2) is 5.65 Å². The van der Waals surface area contributed by atoms with Crippen LogP contribution in [-0.2, 0) is 0 Å². The summed E-state index contributed by atoms with van der Waals surface area (Å²) < 4.78 is 5.47. The van der Waals surface area contributed by atoms with Gasteiger partial charge in [0.25, 0.3) is 0 Å². The Kier molecular flexibility index (Phi) is 2.36. The third kappa shape index (κ3) is 1.80. The standard InChI is InChI=1S/C8H10ClN5O/c1-3(2)15-7-4-5(9)13-14-6(4)11-8(10)12-7/h3H,1-2H3,(H3,10,11,12,13,14). The van der Waals surface area contributed by atoms with Crippen LogP contribution >= 0.6 is 11.6 Å². The first-order chi connectivity index (χ1) is 7.08. The molecule has 2 rings (SSSR count). The number of ether oxygens (including phenoxy) is 1. The molecule has 0 aliphatic carbocycles. The maximum Gasteiger partial charge on any atom is 0.231 e. The molecule has 80 valence electrons. The van der Waals surface area contributed by atoms with Gasteiger partial charge in [-0.25, -0.2) is 0 Å². The van der Waals surface area contributed by atoms with E-state index in [1.54, 1.807) is 0 Å². The Labute approximate surface area is 90.8 Å². The van der Waals surface area contributed by atoms with Gasteiger partial charge in [0, 0.05) is 0 Å². The number of hydrogen-bond donors (Lipinski definition) is 2. The van der Waals surface area contributed by atoms with E-state index in [1.807, 2.05) is 13.8 Å². The highest BCUT2D eigenvalue weighted by Gasteiger charge is 2.15. The van der Waals surface area contributed by atoms with E-state index in [0.717, 1.165) is 0 Å². The summed E-state index contributed by atoms with van der Waals surface area (Å²) in [7, 11) is 0. The van der Waals surface area contributed by atoms with Crippen LogP contribution in [0.5, 0.6) is 5.88 Å². The Morgan fingerprint density at radius 3 is 2.80 bits per heavy atom. The Morgan fingerprint density at radius 2 is 2.13 bits per heavy atom. The second-order valence-corrected chi connectivity index (χ2v) is 3.67. The Bertz CT molecular complexity index is 495. The highest BCUT2D eigenvalue weighted by Crippen LogP contribution is 2.28. The van der Waals surface area contributed by atoms with Crippen molar-refractivity contribution >= 4 is 28.6 Å². The smallest absolute Gasteiger partial charge is 0.231 e. The summed E-state index contributed by atoms with van der Waals surface area (Å²) >= 11 is 5.89. The topological polar surface area (TPSA) is 89.7 Å². The van der Waals surface area contributed by atoms with E-state index in [2.05, 4.69) is 20.2 Å². The molecule has 0 spiro atoms. The van der Waals surface area contributed by atoms with Crippen LogP contribution in [0, 0.1) is 0 Å². The fourth-order valence-electron chi connectivity index (χ4n) is 1.18. The Balaban J connectivity index is 2.63. The van der Waals surface area contributed by atoms with E-state index in [9.17, 15) is 0 Å². The van der Waals surface area contributed by atoms with Crippen molar-refractivity contribution in [3.63, 3.8) is 0 Å². The lowest BCUT2D eigenvalue weighted by Crippen LogP contribution is -2.08. The Hall–Kier alpha value is -1.56. The normalized spacial score (nSPS) is 11.2. The molecule has 0 aliphatic heterocycles. The van der Waals surface area contributed by atoms with E-state index < -0.39 is 0 Å². The van der Waals surface area contributed by atoms with Gasteiger partial charge in [0.2, 0.25) is 11.8 Å². The van der Waals surface area contributed by atoms with Crippen molar-refractivity contribution in [2.45, 2.75) is 20.0 Å². The van der Waals surface area contributed by atoms with Crippen LogP contribution in [0.25, 0.3) is 11.0 Å². The number of aromatic amines is 1. The number of anilines is 1. The number of H-pyrrole nitrogens is 1. The first-order valence-corrected chi connectivity index (χ1v) is 4.79. The predicted octanol–water partition coefficient (Wildman–Crippen LogP) is 1.38. The number of nitrogens with two attached hydrogens (primary N) is 1. The molecule has 0 atom stereocenters. The van der Waals surface area contributed by atoms with Gasteiger partial charge in [0.05, 0.1) is 6.10 Å². The third-order valence-corrected chi connectivity index (χ3v) is 1.97. The van der Waals surface area contributed by atoms with Gasteiger partial charge in [-0.3, -0.25) is 5.10 Å². The van der Waals surface area contributed by atoms with Crippen LogP contribution in [0.3, 0.4) is 0 Å². The van der Waals surface area contributed by atoms with E-state index in [1.165, 1.54) is 0 Å². The number of rotatable bonds is 2. The van der Waals surface area contributed by atoms with E-state index in [-0.39, 0.29) is 12.1 Å². The highest BCUT2D eigenvalue weighted by atomic mass is 35.5. The minimum atomic E-state index is -0.0199. The quantitative estimate of drug-likeness (QED) is 0.809. The molecule has 0 saturated heterocycles. The summed E-state index contributed by atoms with van der Waals surface area (Å²) in [5.74, 6) is 0.465. The molecular weight excluding hydrogens is 218 g/mol. The molecule has 0 bridgehead atoms. The lowest BCUT2D eigenvalue weighted by molar-refractivity contribution is 0.236. The lowest BCUT2D eigenvalue weighted by atomic mass is 10.4. The number of halogens is 1. The lowest BCUT2D eigenvalue weighted by Gasteiger charge is -2.09. The molecule has 6 nitrogen and oxygen atoms in total.